The van der Waals surface area contributed by atoms with E-state index >= 15 is 0 Å². The van der Waals surface area contributed by atoms with E-state index in [4.69, 9.17) is 19.9 Å². The maximum atomic E-state index is 10.5. The van der Waals surface area contributed by atoms with E-state index in [9.17, 15) is 4.79 Å². The van der Waals surface area contributed by atoms with Crippen molar-refractivity contribution in [2.24, 2.45) is 5.73 Å². The Kier molecular flexibility index (Phi) is 4.30. The second kappa shape index (κ2) is 6.14. The van der Waals surface area contributed by atoms with Crippen molar-refractivity contribution >= 4 is 6.03 Å². The predicted octanol–water partition coefficient (Wildman–Crippen LogP) is 0.182. The third-order valence-electron chi connectivity index (χ3n) is 2.65. The molecule has 0 saturated carbocycles. The third-order valence-corrected chi connectivity index (χ3v) is 2.65. The van der Waals surface area contributed by atoms with Crippen LogP contribution in [0.4, 0.5) is 4.79 Å². The summed E-state index contributed by atoms with van der Waals surface area (Å²) >= 11 is 0. The first-order chi connectivity index (χ1) is 9.20. The number of rotatable bonds is 6. The zero-order valence-corrected chi connectivity index (χ0v) is 10.7. The van der Waals surface area contributed by atoms with Crippen molar-refractivity contribution in [1.82, 2.24) is 10.6 Å². The van der Waals surface area contributed by atoms with Crippen LogP contribution in [0, 0.1) is 0 Å². The minimum absolute atomic E-state index is 0.213. The highest BCUT2D eigenvalue weighted by Gasteiger charge is 2.19. The van der Waals surface area contributed by atoms with Crippen molar-refractivity contribution < 1.29 is 19.0 Å². The summed E-state index contributed by atoms with van der Waals surface area (Å²) < 4.78 is 15.9. The van der Waals surface area contributed by atoms with Gasteiger partial charge in [0.1, 0.15) is 0 Å². The highest BCUT2D eigenvalue weighted by Crippen LogP contribution is 2.41. The maximum absolute atomic E-state index is 10.5. The number of ether oxygens (including phenoxy) is 3. The fourth-order valence-electron chi connectivity index (χ4n) is 1.79. The number of primary amides is 1. The predicted molar refractivity (Wildman–Crippen MR) is 68.4 cm³/mol. The van der Waals surface area contributed by atoms with Gasteiger partial charge in [-0.2, -0.15) is 0 Å². The Morgan fingerprint density at radius 3 is 3.00 bits per heavy atom. The lowest BCUT2D eigenvalue weighted by Gasteiger charge is -2.09. The van der Waals surface area contributed by atoms with Crippen molar-refractivity contribution in [3.8, 4) is 17.2 Å². The summed E-state index contributed by atoms with van der Waals surface area (Å²) in [5.74, 6) is 1.98. The zero-order chi connectivity index (χ0) is 13.7. The van der Waals surface area contributed by atoms with E-state index < -0.39 is 6.03 Å². The number of hydrogen-bond donors (Lipinski definition) is 3. The number of methoxy groups -OCH3 is 1. The Morgan fingerprint density at radius 1 is 1.42 bits per heavy atom. The SMILES string of the molecule is COc1cc(CNCCNC(N)=O)cc2c1OCO2. The number of carbonyl (C=O) groups excluding carboxylic acids is 1. The molecule has 7 nitrogen and oxygen atoms in total. The number of amides is 2. The molecule has 1 aromatic rings. The minimum Gasteiger partial charge on any atom is -0.493 e. The molecule has 19 heavy (non-hydrogen) atoms. The monoisotopic (exact) mass is 267 g/mol. The molecule has 1 aliphatic rings. The van der Waals surface area contributed by atoms with Gasteiger partial charge in [-0.3, -0.25) is 0 Å². The van der Waals surface area contributed by atoms with Gasteiger partial charge in [0.15, 0.2) is 11.5 Å². The molecule has 0 aliphatic carbocycles. The molecule has 2 rings (SSSR count). The van der Waals surface area contributed by atoms with Gasteiger partial charge >= 0.3 is 6.03 Å². The Labute approximate surface area is 111 Å². The molecular formula is C12H17N3O4. The smallest absolute Gasteiger partial charge is 0.312 e. The molecule has 104 valence electrons. The van der Waals surface area contributed by atoms with Gasteiger partial charge in [0.05, 0.1) is 7.11 Å². The van der Waals surface area contributed by atoms with E-state index in [-0.39, 0.29) is 6.79 Å². The van der Waals surface area contributed by atoms with Gasteiger partial charge in [-0.05, 0) is 17.7 Å². The van der Waals surface area contributed by atoms with E-state index in [0.717, 1.165) is 5.56 Å². The largest absolute Gasteiger partial charge is 0.493 e. The van der Waals surface area contributed by atoms with Crippen LogP contribution in [-0.2, 0) is 6.54 Å². The van der Waals surface area contributed by atoms with Crippen molar-refractivity contribution in [3.63, 3.8) is 0 Å². The van der Waals surface area contributed by atoms with Gasteiger partial charge in [0.2, 0.25) is 12.5 Å². The summed E-state index contributed by atoms with van der Waals surface area (Å²) in [6.45, 7) is 1.95. The summed E-state index contributed by atoms with van der Waals surface area (Å²) in [6, 6.07) is 3.27. The van der Waals surface area contributed by atoms with Gasteiger partial charge in [0, 0.05) is 19.6 Å². The van der Waals surface area contributed by atoms with Gasteiger partial charge in [-0.1, -0.05) is 0 Å². The number of nitrogens with two attached hydrogens (primary N) is 1. The van der Waals surface area contributed by atoms with Crippen LogP contribution in [0.1, 0.15) is 5.56 Å². The summed E-state index contributed by atoms with van der Waals surface area (Å²) in [5, 5.41) is 5.68. The molecule has 0 atom stereocenters. The van der Waals surface area contributed by atoms with Crippen LogP contribution in [0.2, 0.25) is 0 Å². The highest BCUT2D eigenvalue weighted by atomic mass is 16.7. The van der Waals surface area contributed by atoms with Crippen LogP contribution < -0.4 is 30.6 Å². The van der Waals surface area contributed by atoms with E-state index in [1.807, 2.05) is 12.1 Å². The quantitative estimate of drug-likeness (QED) is 0.639. The number of carbonyl (C=O) groups is 1. The van der Waals surface area contributed by atoms with Gasteiger partial charge in [-0.25, -0.2) is 4.79 Å². The van der Waals surface area contributed by atoms with E-state index in [2.05, 4.69) is 10.6 Å². The van der Waals surface area contributed by atoms with Crippen LogP contribution in [0.5, 0.6) is 17.2 Å². The molecule has 7 heteroatoms. The number of nitrogens with one attached hydrogen (secondary N) is 2. The lowest BCUT2D eigenvalue weighted by atomic mass is 10.2. The number of hydrogen-bond acceptors (Lipinski definition) is 5. The second-order valence-corrected chi connectivity index (χ2v) is 4.00. The maximum Gasteiger partial charge on any atom is 0.312 e. The first kappa shape index (κ1) is 13.3. The van der Waals surface area contributed by atoms with Gasteiger partial charge < -0.3 is 30.6 Å². The van der Waals surface area contributed by atoms with Gasteiger partial charge in [-0.15, -0.1) is 0 Å². The molecule has 1 aromatic carbocycles. The van der Waals surface area contributed by atoms with Crippen LogP contribution in [0.3, 0.4) is 0 Å². The number of fused-ring (bicyclic) bond motifs is 1. The van der Waals surface area contributed by atoms with Crippen LogP contribution >= 0.6 is 0 Å². The lowest BCUT2D eigenvalue weighted by molar-refractivity contribution is 0.171. The first-order valence-corrected chi connectivity index (χ1v) is 5.91. The Bertz CT molecular complexity index is 465. The van der Waals surface area contributed by atoms with E-state index in [1.165, 1.54) is 0 Å². The molecular weight excluding hydrogens is 250 g/mol. The number of benzene rings is 1. The average molecular weight is 267 g/mol. The van der Waals surface area contributed by atoms with Crippen molar-refractivity contribution in [3.05, 3.63) is 17.7 Å². The molecule has 0 bridgehead atoms. The molecule has 2 amide bonds. The number of urea groups is 1. The Balaban J connectivity index is 1.89. The average Bonchev–Trinajstić information content (AvgIpc) is 2.85. The Hall–Kier alpha value is -2.15. The van der Waals surface area contributed by atoms with E-state index in [1.54, 1.807) is 7.11 Å². The molecule has 1 aliphatic heterocycles. The van der Waals surface area contributed by atoms with Crippen LogP contribution in [-0.4, -0.2) is 33.0 Å². The summed E-state index contributed by atoms with van der Waals surface area (Å²) in [7, 11) is 1.59. The molecule has 0 saturated heterocycles. The highest BCUT2D eigenvalue weighted by molar-refractivity contribution is 5.71. The summed E-state index contributed by atoms with van der Waals surface area (Å²) in [4.78, 5) is 10.5. The zero-order valence-electron chi connectivity index (χ0n) is 10.7. The molecule has 1 heterocycles. The van der Waals surface area contributed by atoms with Crippen LogP contribution in [0.15, 0.2) is 12.1 Å². The fourth-order valence-corrected chi connectivity index (χ4v) is 1.79. The van der Waals surface area contributed by atoms with Gasteiger partial charge in [0.25, 0.3) is 0 Å². The fraction of sp³-hybridized carbons (Fsp3) is 0.417. The molecule has 0 radical (unpaired) electrons. The molecule has 0 unspecified atom stereocenters. The normalized spacial score (nSPS) is 12.3. The first-order valence-electron chi connectivity index (χ1n) is 5.91. The van der Waals surface area contributed by atoms with E-state index in [0.29, 0.717) is 36.9 Å². The second-order valence-electron chi connectivity index (χ2n) is 4.00. The van der Waals surface area contributed by atoms with Crippen molar-refractivity contribution in [1.29, 1.82) is 0 Å². The summed E-state index contributed by atoms with van der Waals surface area (Å²) in [6.07, 6.45) is 0. The van der Waals surface area contributed by atoms with Crippen LogP contribution in [0.25, 0.3) is 0 Å². The third kappa shape index (κ3) is 3.41. The van der Waals surface area contributed by atoms with Crippen molar-refractivity contribution in [2.45, 2.75) is 6.54 Å². The lowest BCUT2D eigenvalue weighted by Crippen LogP contribution is -2.35. The van der Waals surface area contributed by atoms with Crippen molar-refractivity contribution in [2.75, 3.05) is 27.0 Å². The standard InChI is InChI=1S/C12H17N3O4/c1-17-9-4-8(5-10-11(9)19-7-18-10)6-14-2-3-15-12(13)16/h4-5,14H,2-3,6-7H2,1H3,(H3,13,15,16). The Morgan fingerprint density at radius 2 is 2.26 bits per heavy atom. The minimum atomic E-state index is -0.522. The molecule has 0 spiro atoms. The summed E-state index contributed by atoms with van der Waals surface area (Å²) in [5.41, 5.74) is 5.97. The molecule has 0 aromatic heterocycles. The topological polar surface area (TPSA) is 94.8 Å². The molecule has 4 N–H and O–H groups in total. The molecule has 0 fully saturated rings.